The lowest BCUT2D eigenvalue weighted by molar-refractivity contribution is 0.342. The van der Waals surface area contributed by atoms with Crippen LogP contribution in [-0.2, 0) is 0 Å². The summed E-state index contributed by atoms with van der Waals surface area (Å²) in [5, 5.41) is 6.71. The predicted octanol–water partition coefficient (Wildman–Crippen LogP) is 4.66. The Labute approximate surface area is 130 Å². The lowest BCUT2D eigenvalue weighted by Crippen LogP contribution is -2.24. The highest BCUT2D eigenvalue weighted by molar-refractivity contribution is 5.58. The van der Waals surface area contributed by atoms with Crippen LogP contribution in [0.2, 0.25) is 0 Å². The number of rotatable bonds is 9. The summed E-state index contributed by atoms with van der Waals surface area (Å²) in [6, 6.07) is 0. The summed E-state index contributed by atoms with van der Waals surface area (Å²) < 4.78 is 0. The van der Waals surface area contributed by atoms with E-state index in [2.05, 4.69) is 55.2 Å². The minimum Gasteiger partial charge on any atom is -0.373 e. The van der Waals surface area contributed by atoms with Gasteiger partial charge in [-0.2, -0.15) is 0 Å². The minimum absolute atomic E-state index is 0.286. The molecule has 0 bridgehead atoms. The van der Waals surface area contributed by atoms with Gasteiger partial charge in [0, 0.05) is 19.2 Å². The Bertz CT molecular complexity index is 427. The molecule has 0 unspecified atom stereocenters. The predicted molar refractivity (Wildman–Crippen MR) is 92.1 cm³/mol. The van der Waals surface area contributed by atoms with Gasteiger partial charge in [-0.25, -0.2) is 9.97 Å². The van der Waals surface area contributed by atoms with Gasteiger partial charge in [0.25, 0.3) is 0 Å². The summed E-state index contributed by atoms with van der Waals surface area (Å²) in [5.74, 6) is 2.28. The maximum Gasteiger partial charge on any atom is 0.135 e. The molecule has 120 valence electrons. The van der Waals surface area contributed by atoms with Crippen LogP contribution in [0.25, 0.3) is 0 Å². The number of hydrogen-bond donors (Lipinski definition) is 2. The van der Waals surface area contributed by atoms with Crippen molar-refractivity contribution in [1.29, 1.82) is 0 Å². The molecule has 1 heterocycles. The van der Waals surface area contributed by atoms with Gasteiger partial charge in [0.05, 0.1) is 0 Å². The van der Waals surface area contributed by atoms with Crippen molar-refractivity contribution in [2.45, 2.75) is 66.2 Å². The Morgan fingerprint density at radius 2 is 1.81 bits per heavy atom. The molecule has 0 amide bonds. The van der Waals surface area contributed by atoms with Crippen molar-refractivity contribution in [1.82, 2.24) is 9.97 Å². The molecule has 0 aromatic carbocycles. The second kappa shape index (κ2) is 8.20. The summed E-state index contributed by atoms with van der Waals surface area (Å²) in [4.78, 5) is 8.77. The zero-order valence-corrected chi connectivity index (χ0v) is 14.6. The molecular weight excluding hydrogens is 260 g/mol. The Hall–Kier alpha value is -1.32. The molecule has 1 aromatic heterocycles. The third-order valence-electron chi connectivity index (χ3n) is 3.89. The number of unbranched alkanes of at least 4 members (excludes halogenated alkanes) is 2. The van der Waals surface area contributed by atoms with Crippen molar-refractivity contribution in [3.8, 4) is 0 Å². The minimum atomic E-state index is 0.286. The van der Waals surface area contributed by atoms with E-state index in [-0.39, 0.29) is 5.41 Å². The number of anilines is 2. The van der Waals surface area contributed by atoms with Crippen LogP contribution >= 0.6 is 0 Å². The number of hydrogen-bond acceptors (Lipinski definition) is 4. The van der Waals surface area contributed by atoms with Crippen LogP contribution in [-0.4, -0.2) is 23.6 Å². The molecule has 0 saturated heterocycles. The molecule has 21 heavy (non-hydrogen) atoms. The van der Waals surface area contributed by atoms with Crippen molar-refractivity contribution >= 4 is 11.6 Å². The van der Waals surface area contributed by atoms with E-state index >= 15 is 0 Å². The van der Waals surface area contributed by atoms with E-state index in [4.69, 9.17) is 0 Å². The fourth-order valence-corrected chi connectivity index (χ4v) is 2.55. The molecule has 2 N–H and O–H groups in total. The molecule has 1 aromatic rings. The smallest absolute Gasteiger partial charge is 0.135 e. The van der Waals surface area contributed by atoms with E-state index in [0.29, 0.717) is 5.92 Å². The molecule has 0 aliphatic heterocycles. The summed E-state index contributed by atoms with van der Waals surface area (Å²) in [6.45, 7) is 12.2. The summed E-state index contributed by atoms with van der Waals surface area (Å²) in [6.07, 6.45) is 6.77. The van der Waals surface area contributed by atoms with Crippen molar-refractivity contribution in [3.05, 3.63) is 11.9 Å². The first-order valence-electron chi connectivity index (χ1n) is 8.17. The van der Waals surface area contributed by atoms with Gasteiger partial charge in [-0.15, -0.1) is 0 Å². The Morgan fingerprint density at radius 3 is 2.38 bits per heavy atom. The first-order chi connectivity index (χ1) is 9.91. The van der Waals surface area contributed by atoms with Crippen LogP contribution in [0.15, 0.2) is 6.33 Å². The highest BCUT2D eigenvalue weighted by Gasteiger charge is 2.20. The zero-order chi connectivity index (χ0) is 15.9. The molecule has 0 saturated carbocycles. The van der Waals surface area contributed by atoms with Crippen molar-refractivity contribution in [2.75, 3.05) is 24.2 Å². The molecule has 4 nitrogen and oxygen atoms in total. The fourth-order valence-electron chi connectivity index (χ4n) is 2.55. The summed E-state index contributed by atoms with van der Waals surface area (Å²) in [7, 11) is 1.91. The van der Waals surface area contributed by atoms with Gasteiger partial charge >= 0.3 is 0 Å². The molecule has 0 atom stereocenters. The summed E-state index contributed by atoms with van der Waals surface area (Å²) in [5.41, 5.74) is 1.46. The summed E-state index contributed by atoms with van der Waals surface area (Å²) >= 11 is 0. The van der Waals surface area contributed by atoms with Crippen LogP contribution in [0.4, 0.5) is 11.6 Å². The Balaban J connectivity index is 2.74. The lowest BCUT2D eigenvalue weighted by atomic mass is 9.87. The average Bonchev–Trinajstić information content (AvgIpc) is 2.44. The first-order valence-corrected chi connectivity index (χ1v) is 8.17. The van der Waals surface area contributed by atoms with Crippen LogP contribution in [0.5, 0.6) is 0 Å². The van der Waals surface area contributed by atoms with E-state index < -0.39 is 0 Å². The number of nitrogens with zero attached hydrogens (tertiary/aromatic N) is 2. The van der Waals surface area contributed by atoms with Crippen LogP contribution in [0.3, 0.4) is 0 Å². The van der Waals surface area contributed by atoms with Gasteiger partial charge in [0.2, 0.25) is 0 Å². The van der Waals surface area contributed by atoms with E-state index in [1.807, 2.05) is 7.05 Å². The lowest BCUT2D eigenvalue weighted by Gasteiger charge is -2.26. The monoisotopic (exact) mass is 292 g/mol. The van der Waals surface area contributed by atoms with Crippen molar-refractivity contribution in [2.24, 2.45) is 5.41 Å². The van der Waals surface area contributed by atoms with Crippen molar-refractivity contribution < 1.29 is 0 Å². The molecule has 0 aliphatic carbocycles. The van der Waals surface area contributed by atoms with Gasteiger partial charge < -0.3 is 10.6 Å². The zero-order valence-electron chi connectivity index (χ0n) is 14.6. The van der Waals surface area contributed by atoms with E-state index in [1.165, 1.54) is 31.2 Å². The van der Waals surface area contributed by atoms with Crippen molar-refractivity contribution in [3.63, 3.8) is 0 Å². The third kappa shape index (κ3) is 5.52. The number of aromatic nitrogens is 2. The SMILES string of the molecule is CCCCCC(C)(C)CNc1ncnc(NC)c1C(C)C. The van der Waals surface area contributed by atoms with Crippen LogP contribution in [0, 0.1) is 5.41 Å². The Kier molecular flexibility index (Phi) is 6.93. The highest BCUT2D eigenvalue weighted by Crippen LogP contribution is 2.30. The molecule has 1 rings (SSSR count). The van der Waals surface area contributed by atoms with E-state index in [9.17, 15) is 0 Å². The normalized spacial score (nSPS) is 11.8. The topological polar surface area (TPSA) is 49.8 Å². The molecule has 0 fully saturated rings. The van der Waals surface area contributed by atoms with Gasteiger partial charge in [-0.3, -0.25) is 0 Å². The molecular formula is C17H32N4. The number of nitrogens with one attached hydrogen (secondary N) is 2. The van der Waals surface area contributed by atoms with E-state index in [0.717, 1.165) is 18.2 Å². The average molecular weight is 292 g/mol. The van der Waals surface area contributed by atoms with Crippen LogP contribution < -0.4 is 10.6 Å². The second-order valence-electron chi connectivity index (χ2n) is 6.86. The Morgan fingerprint density at radius 1 is 1.14 bits per heavy atom. The highest BCUT2D eigenvalue weighted by atomic mass is 15.1. The van der Waals surface area contributed by atoms with E-state index in [1.54, 1.807) is 6.33 Å². The molecule has 0 radical (unpaired) electrons. The molecule has 4 heteroatoms. The standard InChI is InChI=1S/C17H32N4/c1-7-8-9-10-17(4,5)11-19-16-14(13(2)3)15(18-6)20-12-21-16/h12-13H,7-11H2,1-6H3,(H2,18,19,20,21). The van der Waals surface area contributed by atoms with Gasteiger partial charge in [0.1, 0.15) is 18.0 Å². The first kappa shape index (κ1) is 17.7. The third-order valence-corrected chi connectivity index (χ3v) is 3.89. The van der Waals surface area contributed by atoms with Crippen LogP contribution in [0.1, 0.15) is 71.8 Å². The van der Waals surface area contributed by atoms with Gasteiger partial charge in [-0.1, -0.05) is 53.9 Å². The maximum absolute atomic E-state index is 4.45. The molecule has 0 aliphatic rings. The quantitative estimate of drug-likeness (QED) is 0.650. The van der Waals surface area contributed by atoms with Gasteiger partial charge in [-0.05, 0) is 17.8 Å². The maximum atomic E-state index is 4.45. The molecule has 0 spiro atoms. The largest absolute Gasteiger partial charge is 0.373 e. The van der Waals surface area contributed by atoms with Gasteiger partial charge in [0.15, 0.2) is 0 Å². The fraction of sp³-hybridized carbons (Fsp3) is 0.765. The second-order valence-corrected chi connectivity index (χ2v) is 6.86.